The van der Waals surface area contributed by atoms with Crippen LogP contribution < -0.4 is 20.1 Å². The van der Waals surface area contributed by atoms with Gasteiger partial charge in [-0.1, -0.05) is 12.0 Å². The molecule has 0 amide bonds. The number of fused-ring (bicyclic) bond motifs is 1. The van der Waals surface area contributed by atoms with Crippen LogP contribution in [0.5, 0.6) is 11.5 Å². The van der Waals surface area contributed by atoms with E-state index < -0.39 is 10.1 Å². The average molecular weight is 503 g/mol. The summed E-state index contributed by atoms with van der Waals surface area (Å²) in [5.41, 5.74) is 4.42. The summed E-state index contributed by atoms with van der Waals surface area (Å²) in [6.07, 6.45) is 7.68. The van der Waals surface area contributed by atoms with Gasteiger partial charge >= 0.3 is 0 Å². The van der Waals surface area contributed by atoms with Crippen molar-refractivity contribution in [3.63, 3.8) is 0 Å². The Labute approximate surface area is 204 Å². The number of nitrogens with zero attached hydrogens (tertiary/aromatic N) is 3. The van der Waals surface area contributed by atoms with Crippen LogP contribution >= 0.6 is 0 Å². The van der Waals surface area contributed by atoms with Crippen LogP contribution in [0.3, 0.4) is 0 Å². The highest BCUT2D eigenvalue weighted by molar-refractivity contribution is 7.86. The zero-order valence-electron chi connectivity index (χ0n) is 19.6. The Bertz CT molecular complexity index is 1290. The third-order valence-corrected chi connectivity index (χ3v) is 4.85. The monoisotopic (exact) mass is 502 g/mol. The van der Waals surface area contributed by atoms with Gasteiger partial charge in [-0.2, -0.15) is 8.42 Å². The van der Waals surface area contributed by atoms with Crippen molar-refractivity contribution in [3.8, 4) is 23.8 Å². The minimum Gasteiger partial charge on any atom is -0.487 e. The molecule has 0 bridgehead atoms. The van der Waals surface area contributed by atoms with Crippen LogP contribution in [-0.2, 0) is 23.9 Å². The Morgan fingerprint density at radius 1 is 1.00 bits per heavy atom. The third kappa shape index (κ3) is 7.43. The Morgan fingerprint density at radius 2 is 1.69 bits per heavy atom. The smallest absolute Gasteiger partial charge is 0.286 e. The number of anilines is 2. The number of hydrazine groups is 1. The molecule has 3 aromatic rings. The van der Waals surface area contributed by atoms with Crippen molar-refractivity contribution < 1.29 is 31.6 Å². The average Bonchev–Trinajstić information content (AvgIpc) is 2.83. The zero-order chi connectivity index (χ0) is 25.3. The van der Waals surface area contributed by atoms with Gasteiger partial charge in [-0.25, -0.2) is 9.97 Å². The molecule has 3 rings (SSSR count). The van der Waals surface area contributed by atoms with Crippen LogP contribution in [-0.4, -0.2) is 65.3 Å². The van der Waals surface area contributed by atoms with E-state index in [9.17, 15) is 8.42 Å². The fourth-order valence-corrected chi connectivity index (χ4v) is 3.32. The molecule has 1 N–H and O–H groups in total. The van der Waals surface area contributed by atoms with Crippen molar-refractivity contribution in [2.45, 2.75) is 0 Å². The first-order chi connectivity index (χ1) is 16.8. The molecule has 1 heterocycles. The predicted octanol–water partition coefficient (Wildman–Crippen LogP) is 2.39. The molecule has 0 saturated carbocycles. The second-order valence-corrected chi connectivity index (χ2v) is 8.66. The summed E-state index contributed by atoms with van der Waals surface area (Å²) in [4.78, 5) is 8.55. The Hall–Kier alpha value is -3.63. The van der Waals surface area contributed by atoms with Gasteiger partial charge in [0.15, 0.2) is 17.3 Å². The molecule has 0 spiro atoms. The molecule has 12 heteroatoms. The van der Waals surface area contributed by atoms with Gasteiger partial charge < -0.3 is 18.9 Å². The number of aromatic nitrogens is 2. The lowest BCUT2D eigenvalue weighted by atomic mass is 10.2. The second-order valence-electron chi connectivity index (χ2n) is 7.11. The summed E-state index contributed by atoms with van der Waals surface area (Å²) in [7, 11) is -0.817. The van der Waals surface area contributed by atoms with E-state index in [1.807, 2.05) is 0 Å². The Balaban J connectivity index is 2.08. The first kappa shape index (κ1) is 26.0. The van der Waals surface area contributed by atoms with E-state index in [4.69, 9.17) is 29.7 Å². The number of hydrogen-bond donors (Lipinski definition) is 1. The third-order valence-electron chi connectivity index (χ3n) is 4.43. The minimum atomic E-state index is -3.95. The molecule has 0 aliphatic carbocycles. The quantitative estimate of drug-likeness (QED) is 0.211. The topological polar surface area (TPSA) is 121 Å². The van der Waals surface area contributed by atoms with Gasteiger partial charge in [-0.3, -0.25) is 5.43 Å². The van der Waals surface area contributed by atoms with Crippen LogP contribution in [0.4, 0.5) is 11.5 Å². The molecule has 186 valence electrons. The van der Waals surface area contributed by atoms with Gasteiger partial charge in [-0.05, 0) is 24.3 Å². The summed E-state index contributed by atoms with van der Waals surface area (Å²) in [5, 5.41) is 1.36. The van der Waals surface area contributed by atoms with Crippen molar-refractivity contribution in [1.82, 2.24) is 9.97 Å². The summed E-state index contributed by atoms with van der Waals surface area (Å²) >= 11 is 0. The van der Waals surface area contributed by atoms with Gasteiger partial charge in [0.1, 0.15) is 19.5 Å². The number of ether oxygens (including phenoxy) is 4. The van der Waals surface area contributed by atoms with Gasteiger partial charge in [-0.15, -0.1) is 15.9 Å². The molecule has 35 heavy (non-hydrogen) atoms. The van der Waals surface area contributed by atoms with E-state index in [1.165, 1.54) is 6.33 Å². The highest BCUT2D eigenvalue weighted by atomic mass is 32.2. The highest BCUT2D eigenvalue weighted by Crippen LogP contribution is 2.35. The second kappa shape index (κ2) is 12.2. The van der Waals surface area contributed by atoms with Crippen LogP contribution in [0.15, 0.2) is 42.7 Å². The van der Waals surface area contributed by atoms with E-state index in [0.717, 1.165) is 11.4 Å². The molecule has 0 aliphatic heterocycles. The fourth-order valence-electron chi connectivity index (χ4n) is 2.95. The van der Waals surface area contributed by atoms with Crippen molar-refractivity contribution in [2.24, 2.45) is 0 Å². The number of hydrogen-bond acceptors (Lipinski definition) is 11. The van der Waals surface area contributed by atoms with E-state index in [0.29, 0.717) is 46.9 Å². The summed E-state index contributed by atoms with van der Waals surface area (Å²) in [6, 6.07) is 10.1. The maximum Gasteiger partial charge on any atom is 0.286 e. The number of nitrogens with one attached hydrogen (secondary N) is 1. The van der Waals surface area contributed by atoms with Crippen molar-refractivity contribution in [2.75, 3.05) is 57.5 Å². The van der Waals surface area contributed by atoms with Crippen LogP contribution in [0, 0.1) is 12.3 Å². The maximum atomic E-state index is 12.1. The highest BCUT2D eigenvalue weighted by Gasteiger charge is 2.21. The van der Waals surface area contributed by atoms with E-state index >= 15 is 0 Å². The fraction of sp³-hybridized carbons (Fsp3) is 0.304. The lowest BCUT2D eigenvalue weighted by Gasteiger charge is -2.24. The molecule has 11 nitrogen and oxygen atoms in total. The first-order valence-electron chi connectivity index (χ1n) is 10.4. The van der Waals surface area contributed by atoms with Gasteiger partial charge in [0.25, 0.3) is 10.1 Å². The van der Waals surface area contributed by atoms with Gasteiger partial charge in [0, 0.05) is 25.8 Å². The standard InChI is InChI=1S/C23H26N4O7S/c1-5-17-7-6-8-18(13-17)26-27(34-35(4,28)29)23-19-14-21(32-11-9-30-2)22(33-12-10-31-3)15-20(19)24-16-25-23/h1,6-8,13-16,26H,9-12H2,2-4H3. The molecule has 0 saturated heterocycles. The van der Waals surface area contributed by atoms with Gasteiger partial charge in [0.05, 0.1) is 36.1 Å². The van der Waals surface area contributed by atoms with Crippen molar-refractivity contribution in [3.05, 3.63) is 48.3 Å². The molecular weight excluding hydrogens is 476 g/mol. The Morgan fingerprint density at radius 3 is 2.31 bits per heavy atom. The van der Waals surface area contributed by atoms with Crippen molar-refractivity contribution in [1.29, 1.82) is 0 Å². The van der Waals surface area contributed by atoms with Crippen LogP contribution in [0.1, 0.15) is 5.56 Å². The number of methoxy groups -OCH3 is 2. The molecule has 0 unspecified atom stereocenters. The lowest BCUT2D eigenvalue weighted by molar-refractivity contribution is 0.132. The van der Waals surface area contributed by atoms with Gasteiger partial charge in [0.2, 0.25) is 0 Å². The minimum absolute atomic E-state index is 0.117. The van der Waals surface area contributed by atoms with Crippen LogP contribution in [0.2, 0.25) is 0 Å². The van der Waals surface area contributed by atoms with Crippen LogP contribution in [0.25, 0.3) is 10.9 Å². The largest absolute Gasteiger partial charge is 0.487 e. The SMILES string of the molecule is C#Cc1cccc(NN(OS(C)(=O)=O)c2ncnc3cc(OCCOC)c(OCCOC)cc23)c1. The van der Waals surface area contributed by atoms with E-state index in [-0.39, 0.29) is 19.0 Å². The van der Waals surface area contributed by atoms with E-state index in [1.54, 1.807) is 50.6 Å². The molecule has 0 radical (unpaired) electrons. The lowest BCUT2D eigenvalue weighted by Crippen LogP contribution is -2.33. The molecule has 0 fully saturated rings. The van der Waals surface area contributed by atoms with E-state index in [2.05, 4.69) is 21.3 Å². The summed E-state index contributed by atoms with van der Waals surface area (Å²) in [6.45, 7) is 1.27. The summed E-state index contributed by atoms with van der Waals surface area (Å²) < 4.78 is 51.1. The Kier molecular flexibility index (Phi) is 9.04. The summed E-state index contributed by atoms with van der Waals surface area (Å²) in [5.74, 6) is 3.46. The molecule has 1 aromatic heterocycles. The first-order valence-corrected chi connectivity index (χ1v) is 12.2. The molecule has 0 aliphatic rings. The van der Waals surface area contributed by atoms with Crippen molar-refractivity contribution >= 4 is 32.5 Å². The maximum absolute atomic E-state index is 12.1. The zero-order valence-corrected chi connectivity index (χ0v) is 20.4. The molecule has 2 aromatic carbocycles. The molecule has 0 atom stereocenters. The molecular formula is C23H26N4O7S. The number of rotatable bonds is 13. The normalized spacial score (nSPS) is 11.1. The number of terminal acetylenes is 1. The predicted molar refractivity (Wildman–Crippen MR) is 131 cm³/mol. The number of benzene rings is 2.